The lowest BCUT2D eigenvalue weighted by atomic mass is 10.2. The molecule has 1 aliphatic rings. The van der Waals surface area contributed by atoms with Crippen molar-refractivity contribution in [3.05, 3.63) is 52.4 Å². The first kappa shape index (κ1) is 17.5. The Bertz CT molecular complexity index is 775. The van der Waals surface area contributed by atoms with Crippen molar-refractivity contribution in [2.24, 2.45) is 0 Å². The Balaban J connectivity index is 1.75. The molecule has 0 radical (unpaired) electrons. The predicted molar refractivity (Wildman–Crippen MR) is 93.3 cm³/mol. The first-order valence-electron chi connectivity index (χ1n) is 8.02. The van der Waals surface area contributed by atoms with Gasteiger partial charge >= 0.3 is 6.09 Å². The Morgan fingerprint density at radius 2 is 1.92 bits per heavy atom. The van der Waals surface area contributed by atoms with E-state index in [1.807, 2.05) is 51.1 Å². The number of fused-ring (bicyclic) bond motifs is 1. The Hall–Kier alpha value is -2.34. The van der Waals surface area contributed by atoms with Crippen molar-refractivity contribution >= 4 is 17.7 Å². The third-order valence-electron chi connectivity index (χ3n) is 3.59. The van der Waals surface area contributed by atoms with Crippen LogP contribution in [0.3, 0.4) is 0 Å². The van der Waals surface area contributed by atoms with Crippen LogP contribution in [0.5, 0.6) is 5.88 Å². The lowest BCUT2D eigenvalue weighted by Gasteiger charge is -2.23. The summed E-state index contributed by atoms with van der Waals surface area (Å²) in [5.41, 5.74) is 1.93. The summed E-state index contributed by atoms with van der Waals surface area (Å²) < 4.78 is 11.2. The van der Waals surface area contributed by atoms with E-state index in [0.717, 1.165) is 11.1 Å². The van der Waals surface area contributed by atoms with Gasteiger partial charge in [0.15, 0.2) is 0 Å². The summed E-state index contributed by atoms with van der Waals surface area (Å²) in [5, 5.41) is 0.104. The van der Waals surface area contributed by atoms with Crippen molar-refractivity contribution < 1.29 is 14.3 Å². The number of ether oxygens (including phenoxy) is 2. The maximum absolute atomic E-state index is 12.3. The van der Waals surface area contributed by atoms with Gasteiger partial charge < -0.3 is 9.47 Å². The van der Waals surface area contributed by atoms with E-state index < -0.39 is 11.7 Å². The molecular formula is C18H20ClN3O3. The van der Waals surface area contributed by atoms with Crippen molar-refractivity contribution in [3.63, 3.8) is 0 Å². The van der Waals surface area contributed by atoms with Crippen LogP contribution in [0.25, 0.3) is 0 Å². The lowest BCUT2D eigenvalue weighted by Crippen LogP contribution is -2.33. The second kappa shape index (κ2) is 6.88. The molecule has 0 saturated carbocycles. The monoisotopic (exact) mass is 361 g/mol. The number of carbonyl (C=O) groups excluding carboxylic acids is 1. The van der Waals surface area contributed by atoms with E-state index in [1.54, 1.807) is 4.90 Å². The number of hydrogen-bond donors (Lipinski definition) is 0. The van der Waals surface area contributed by atoms with Gasteiger partial charge in [0, 0.05) is 0 Å². The van der Waals surface area contributed by atoms with Crippen LogP contribution in [-0.4, -0.2) is 26.6 Å². The molecule has 1 aromatic heterocycles. The zero-order valence-corrected chi connectivity index (χ0v) is 15.2. The Morgan fingerprint density at radius 1 is 1.20 bits per heavy atom. The van der Waals surface area contributed by atoms with Crippen LogP contribution >= 0.6 is 11.6 Å². The summed E-state index contributed by atoms with van der Waals surface area (Å²) in [7, 11) is 0. The lowest BCUT2D eigenvalue weighted by molar-refractivity contribution is 0.0240. The van der Waals surface area contributed by atoms with Gasteiger partial charge in [-0.05, 0) is 37.9 Å². The zero-order valence-electron chi connectivity index (χ0n) is 14.5. The molecule has 2 heterocycles. The van der Waals surface area contributed by atoms with Gasteiger partial charge in [0.1, 0.15) is 12.2 Å². The fraction of sp³-hybridized carbons (Fsp3) is 0.389. The molecule has 0 aliphatic carbocycles. The number of benzene rings is 1. The van der Waals surface area contributed by atoms with E-state index in [9.17, 15) is 4.79 Å². The summed E-state index contributed by atoms with van der Waals surface area (Å²) in [6.07, 6.45) is -0.393. The number of halogens is 1. The molecule has 132 valence electrons. The predicted octanol–water partition coefficient (Wildman–Crippen LogP) is 3.96. The molecule has 0 unspecified atom stereocenters. The van der Waals surface area contributed by atoms with Gasteiger partial charge in [-0.3, -0.25) is 4.90 Å². The van der Waals surface area contributed by atoms with Crippen molar-refractivity contribution in [2.45, 2.75) is 46.1 Å². The van der Waals surface area contributed by atoms with Crippen molar-refractivity contribution in [1.29, 1.82) is 0 Å². The van der Waals surface area contributed by atoms with Crippen LogP contribution < -0.4 is 4.74 Å². The van der Waals surface area contributed by atoms with Crippen LogP contribution in [0.2, 0.25) is 5.28 Å². The van der Waals surface area contributed by atoms with Crippen molar-refractivity contribution in [2.75, 3.05) is 0 Å². The molecule has 3 rings (SSSR count). The number of amides is 1. The molecule has 1 aliphatic heterocycles. The number of nitrogens with zero attached hydrogens (tertiary/aromatic N) is 3. The van der Waals surface area contributed by atoms with Gasteiger partial charge in [0.25, 0.3) is 0 Å². The van der Waals surface area contributed by atoms with Crippen molar-refractivity contribution in [3.8, 4) is 5.88 Å². The molecule has 25 heavy (non-hydrogen) atoms. The van der Waals surface area contributed by atoms with E-state index in [2.05, 4.69) is 9.97 Å². The molecule has 0 fully saturated rings. The van der Waals surface area contributed by atoms with Crippen LogP contribution in [0.4, 0.5) is 4.79 Å². The third kappa shape index (κ3) is 4.39. The highest BCUT2D eigenvalue weighted by Crippen LogP contribution is 2.31. The van der Waals surface area contributed by atoms with Crippen molar-refractivity contribution in [1.82, 2.24) is 14.9 Å². The highest BCUT2D eigenvalue weighted by molar-refractivity contribution is 6.28. The van der Waals surface area contributed by atoms with Gasteiger partial charge in [-0.15, -0.1) is 0 Å². The minimum absolute atomic E-state index is 0.104. The summed E-state index contributed by atoms with van der Waals surface area (Å²) in [6, 6.07) is 9.77. The topological polar surface area (TPSA) is 64.5 Å². The number of hydrogen-bond acceptors (Lipinski definition) is 5. The first-order valence-corrected chi connectivity index (χ1v) is 8.39. The molecule has 1 amide bonds. The van der Waals surface area contributed by atoms with Crippen LogP contribution in [-0.2, 0) is 24.4 Å². The molecular weight excluding hydrogens is 342 g/mol. The van der Waals surface area contributed by atoms with E-state index in [4.69, 9.17) is 21.1 Å². The Morgan fingerprint density at radius 3 is 2.60 bits per heavy atom. The van der Waals surface area contributed by atoms with Crippen LogP contribution in [0.15, 0.2) is 30.3 Å². The standard InChI is InChI=1S/C18H20ClN3O3/c1-18(2,3)25-17(23)22-9-13-14(10-22)20-16(19)21-15(13)24-11-12-7-5-4-6-8-12/h4-8H,9-11H2,1-3H3. The highest BCUT2D eigenvalue weighted by atomic mass is 35.5. The minimum atomic E-state index is -0.554. The van der Waals surface area contributed by atoms with Crippen LogP contribution in [0, 0.1) is 0 Å². The molecule has 0 bridgehead atoms. The van der Waals surface area contributed by atoms with Gasteiger partial charge in [0.2, 0.25) is 11.2 Å². The Labute approximate surface area is 151 Å². The maximum Gasteiger partial charge on any atom is 0.410 e. The molecule has 0 N–H and O–H groups in total. The van der Waals surface area contributed by atoms with Gasteiger partial charge in [-0.1, -0.05) is 30.3 Å². The first-order chi connectivity index (χ1) is 11.8. The molecule has 0 spiro atoms. The molecule has 2 aromatic rings. The zero-order chi connectivity index (χ0) is 18.0. The Kier molecular flexibility index (Phi) is 4.81. The normalized spacial score (nSPS) is 13.5. The fourth-order valence-electron chi connectivity index (χ4n) is 2.50. The summed E-state index contributed by atoms with van der Waals surface area (Å²) in [5.74, 6) is 0.407. The third-order valence-corrected chi connectivity index (χ3v) is 3.76. The number of carbonyl (C=O) groups is 1. The fourth-order valence-corrected chi connectivity index (χ4v) is 2.68. The molecule has 1 aromatic carbocycles. The summed E-state index contributed by atoms with van der Waals surface area (Å²) >= 11 is 6.01. The van der Waals surface area contributed by atoms with E-state index in [1.165, 1.54) is 0 Å². The second-order valence-electron chi connectivity index (χ2n) is 6.83. The van der Waals surface area contributed by atoms with Gasteiger partial charge in [0.05, 0.1) is 24.3 Å². The quantitative estimate of drug-likeness (QED) is 0.774. The average molecular weight is 362 g/mol. The summed E-state index contributed by atoms with van der Waals surface area (Å²) in [6.45, 7) is 6.53. The highest BCUT2D eigenvalue weighted by Gasteiger charge is 2.32. The summed E-state index contributed by atoms with van der Waals surface area (Å²) in [4.78, 5) is 22.3. The maximum atomic E-state index is 12.3. The van der Waals surface area contributed by atoms with E-state index in [0.29, 0.717) is 31.3 Å². The molecule has 7 heteroatoms. The second-order valence-corrected chi connectivity index (χ2v) is 7.17. The van der Waals surface area contributed by atoms with Gasteiger partial charge in [-0.2, -0.15) is 4.98 Å². The smallest absolute Gasteiger partial charge is 0.410 e. The van der Waals surface area contributed by atoms with E-state index in [-0.39, 0.29) is 5.28 Å². The van der Waals surface area contributed by atoms with E-state index >= 15 is 0 Å². The number of rotatable bonds is 3. The molecule has 0 saturated heterocycles. The minimum Gasteiger partial charge on any atom is -0.472 e. The molecule has 0 atom stereocenters. The number of aromatic nitrogens is 2. The largest absolute Gasteiger partial charge is 0.472 e. The average Bonchev–Trinajstić information content (AvgIpc) is 2.96. The molecule has 6 nitrogen and oxygen atoms in total. The van der Waals surface area contributed by atoms with Crippen LogP contribution in [0.1, 0.15) is 37.6 Å². The van der Waals surface area contributed by atoms with Gasteiger partial charge in [-0.25, -0.2) is 9.78 Å². The SMILES string of the molecule is CC(C)(C)OC(=O)N1Cc2nc(Cl)nc(OCc3ccccc3)c2C1.